The van der Waals surface area contributed by atoms with Gasteiger partial charge in [0.15, 0.2) is 5.78 Å². The lowest BCUT2D eigenvalue weighted by Gasteiger charge is -2.42. The van der Waals surface area contributed by atoms with Gasteiger partial charge < -0.3 is 43.6 Å². The number of ketones is 2. The first-order valence-electron chi connectivity index (χ1n) is 27.1. The molecule has 0 spiro atoms. The molecule has 1 amide bonds. The second kappa shape index (κ2) is 29.5. The van der Waals surface area contributed by atoms with E-state index < -0.39 is 77.8 Å². The lowest BCUT2D eigenvalue weighted by Crippen LogP contribution is -2.61. The number of carbonyl (C=O) groups is 4. The Bertz CT molecular complexity index is 2260. The van der Waals surface area contributed by atoms with Gasteiger partial charge in [-0.05, 0) is 118 Å². The van der Waals surface area contributed by atoms with E-state index >= 15 is 0 Å². The van der Waals surface area contributed by atoms with Crippen molar-refractivity contribution in [3.8, 4) is 0 Å². The van der Waals surface area contributed by atoms with Gasteiger partial charge in [0, 0.05) is 63.4 Å². The number of aliphatic hydroxyl groups excluding tert-OH is 1. The number of benzene rings is 1. The van der Waals surface area contributed by atoms with Crippen LogP contribution in [-0.4, -0.2) is 127 Å². The largest absolute Gasteiger partial charge is 0.460 e. The Morgan fingerprint density at radius 3 is 2.33 bits per heavy atom. The molecule has 414 valence electrons. The van der Waals surface area contributed by atoms with Crippen LogP contribution in [0, 0.1) is 35.5 Å². The van der Waals surface area contributed by atoms with E-state index in [-0.39, 0.29) is 61.7 Å². The number of fused-ring (bicyclic) bond motifs is 3. The minimum Gasteiger partial charge on any atom is -0.460 e. The second-order valence-electron chi connectivity index (χ2n) is 21.7. The first kappa shape index (κ1) is 60.9. The molecular weight excluding hydrogens is 959 g/mol. The molecule has 15 atom stereocenters. The maximum Gasteiger partial charge on any atom is 0.329 e. The third-order valence-electron chi connectivity index (χ3n) is 16.0. The van der Waals surface area contributed by atoms with Crippen LogP contribution in [0.3, 0.4) is 0 Å². The van der Waals surface area contributed by atoms with Gasteiger partial charge in [-0.25, -0.2) is 4.79 Å². The Kier molecular flexibility index (Phi) is 23.9. The van der Waals surface area contributed by atoms with Crippen molar-refractivity contribution >= 4 is 29.2 Å². The molecule has 2 bridgehead atoms. The molecule has 0 aromatic heterocycles. The summed E-state index contributed by atoms with van der Waals surface area (Å²) in [7, 11) is 4.60. The molecule has 4 aliphatic rings. The number of methoxy groups -OCH3 is 3. The maximum absolute atomic E-state index is 14.9. The predicted molar refractivity (Wildman–Crippen MR) is 286 cm³/mol. The highest BCUT2D eigenvalue weighted by Gasteiger charge is 2.53. The smallest absolute Gasteiger partial charge is 0.329 e. The SMILES string of the molecule is CO[C@H]1C[C@@H]2CC[C@@H](C)[C@@](O)(O2)C(=O)C(=O)N2CCCC[C@H]2C(=O)O[C@H]([C@H](C)C[C@@H]2CC[C@H](N=[N+]=[N-])[C@H](OC)C2)C/C(=N/OCc2ccccc2)[C@H](C)/C=C(\C)[C@@H](O)[C@@H](OC)C(=O)[C@H](C)C[C@H](C)/C=C/C=C/C=C/1C. The third-order valence-corrected chi connectivity index (χ3v) is 16.0. The fraction of sp³-hybridized carbons (Fsp3) is 0.672. The zero-order valence-electron chi connectivity index (χ0n) is 46.0. The molecule has 0 unspecified atom stereocenters. The van der Waals surface area contributed by atoms with Crippen molar-refractivity contribution in [2.24, 2.45) is 45.8 Å². The number of Topliss-reactive ketones (excluding diaryl/α,β-unsaturated/α-hetero) is 2. The number of nitrogens with zero attached hydrogens (tertiary/aromatic N) is 5. The number of esters is 1. The molecule has 1 aromatic carbocycles. The first-order chi connectivity index (χ1) is 35.8. The van der Waals surface area contributed by atoms with E-state index in [4.69, 9.17) is 33.7 Å². The molecule has 2 N–H and O–H groups in total. The van der Waals surface area contributed by atoms with Gasteiger partial charge in [0.2, 0.25) is 5.79 Å². The number of carbonyl (C=O) groups excluding carboxylic acids is 4. The molecule has 3 heterocycles. The van der Waals surface area contributed by atoms with Crippen molar-refractivity contribution in [3.05, 3.63) is 93.9 Å². The number of allylic oxidation sites excluding steroid dienone is 6. The number of hydrogen-bond acceptors (Lipinski definition) is 14. The van der Waals surface area contributed by atoms with Crippen molar-refractivity contribution in [3.63, 3.8) is 0 Å². The molecule has 17 nitrogen and oxygen atoms in total. The van der Waals surface area contributed by atoms with Gasteiger partial charge in [0.05, 0.1) is 30.1 Å². The van der Waals surface area contributed by atoms with Gasteiger partial charge >= 0.3 is 5.97 Å². The van der Waals surface area contributed by atoms with Crippen molar-refractivity contribution in [2.75, 3.05) is 27.9 Å². The number of rotatable bonds is 10. The average molecular weight is 1040 g/mol. The van der Waals surface area contributed by atoms with Crippen LogP contribution in [0.25, 0.3) is 10.4 Å². The first-order valence-corrected chi connectivity index (χ1v) is 27.1. The van der Waals surface area contributed by atoms with Crippen LogP contribution in [0.2, 0.25) is 0 Å². The van der Waals surface area contributed by atoms with E-state index in [0.29, 0.717) is 69.1 Å². The number of hydrogen-bond donors (Lipinski definition) is 2. The van der Waals surface area contributed by atoms with Gasteiger partial charge in [-0.1, -0.05) is 112 Å². The van der Waals surface area contributed by atoms with Crippen LogP contribution in [0.5, 0.6) is 0 Å². The lowest BCUT2D eigenvalue weighted by molar-refractivity contribution is -0.265. The minimum absolute atomic E-state index is 0.0148. The molecule has 2 saturated heterocycles. The predicted octanol–water partition coefficient (Wildman–Crippen LogP) is 9.50. The highest BCUT2D eigenvalue weighted by Crippen LogP contribution is 2.38. The quantitative estimate of drug-likeness (QED) is 0.0425. The highest BCUT2D eigenvalue weighted by molar-refractivity contribution is 6.39. The highest BCUT2D eigenvalue weighted by atomic mass is 16.6. The van der Waals surface area contributed by atoms with E-state index in [0.717, 1.165) is 17.6 Å². The van der Waals surface area contributed by atoms with E-state index in [2.05, 4.69) is 10.0 Å². The van der Waals surface area contributed by atoms with Crippen molar-refractivity contribution in [1.29, 1.82) is 0 Å². The number of cyclic esters (lactones) is 1. The molecule has 5 rings (SSSR count). The van der Waals surface area contributed by atoms with Crippen LogP contribution in [0.1, 0.15) is 131 Å². The number of azide groups is 1. The van der Waals surface area contributed by atoms with E-state index in [1.807, 2.05) is 101 Å². The second-order valence-corrected chi connectivity index (χ2v) is 21.7. The van der Waals surface area contributed by atoms with Gasteiger partial charge in [0.1, 0.15) is 31.0 Å². The van der Waals surface area contributed by atoms with Gasteiger partial charge in [-0.15, -0.1) is 0 Å². The topological polar surface area (TPSA) is 228 Å². The molecule has 75 heavy (non-hydrogen) atoms. The summed E-state index contributed by atoms with van der Waals surface area (Å²) < 4.78 is 30.2. The van der Waals surface area contributed by atoms with Crippen LogP contribution >= 0.6 is 0 Å². The average Bonchev–Trinajstić information content (AvgIpc) is 3.40. The van der Waals surface area contributed by atoms with E-state index in [9.17, 15) is 34.9 Å². The van der Waals surface area contributed by atoms with Crippen LogP contribution in [0.15, 0.2) is 88.2 Å². The van der Waals surface area contributed by atoms with Gasteiger partial charge in [-0.2, -0.15) is 0 Å². The minimum atomic E-state index is -2.44. The number of piperidine rings is 1. The molecule has 0 radical (unpaired) electrons. The van der Waals surface area contributed by atoms with Crippen LogP contribution in [-0.2, 0) is 54.3 Å². The van der Waals surface area contributed by atoms with E-state index in [1.54, 1.807) is 28.1 Å². The van der Waals surface area contributed by atoms with Gasteiger partial charge in [0.25, 0.3) is 11.7 Å². The third kappa shape index (κ3) is 16.7. The maximum atomic E-state index is 14.9. The fourth-order valence-corrected chi connectivity index (χ4v) is 11.2. The van der Waals surface area contributed by atoms with Crippen molar-refractivity contribution in [2.45, 2.75) is 187 Å². The van der Waals surface area contributed by atoms with Crippen LogP contribution < -0.4 is 0 Å². The molecule has 1 aliphatic carbocycles. The Hall–Kier alpha value is -5.00. The monoisotopic (exact) mass is 1040 g/mol. The van der Waals surface area contributed by atoms with Crippen molar-refractivity contribution in [1.82, 2.24) is 4.90 Å². The number of ether oxygens (including phenoxy) is 5. The molecule has 17 heteroatoms. The normalized spacial score (nSPS) is 36.9. The summed E-state index contributed by atoms with van der Waals surface area (Å²) in [6.07, 6.45) is 12.6. The zero-order valence-corrected chi connectivity index (χ0v) is 46.0. The standard InChI is InChI=1S/C58H85N5O12/c1-36-19-13-11-14-20-37(2)49(70-8)33-45-26-24-42(7)58(69,75-45)55(66)56(67)63-28-18-17-23-48(63)57(68)74-50(39(4)31-44-25-27-46(60-62-59)51(32-44)71-9)34-47(61-73-35-43-21-15-12-16-22-43)38(3)30-41(6)53(65)54(72-10)52(64)40(5)29-36/h11-16,19-22,30,36,38-40,42,44-46,48-51,53-54,65,69H,17-18,23-29,31-35H2,1-10H3/b14-11+,19-13+,37-20+,41-30+,61-47-/t36-,38-,39-,40-,42-,44+,45+,46+,48+,49+,50+,51-,53-,54+,58-/m1/s1. The Balaban J connectivity index is 1.56. The summed E-state index contributed by atoms with van der Waals surface area (Å²) in [5.41, 5.74) is 12.0. The van der Waals surface area contributed by atoms with Gasteiger partial charge in [-0.3, -0.25) is 14.4 Å². The lowest BCUT2D eigenvalue weighted by atomic mass is 9.77. The molecule has 3 aliphatic heterocycles. The summed E-state index contributed by atoms with van der Waals surface area (Å²) in [5.74, 6) is -7.36. The van der Waals surface area contributed by atoms with E-state index in [1.165, 1.54) is 12.0 Å². The Morgan fingerprint density at radius 1 is 0.893 bits per heavy atom. The summed E-state index contributed by atoms with van der Waals surface area (Å²) >= 11 is 0. The Labute approximate surface area is 444 Å². The fourth-order valence-electron chi connectivity index (χ4n) is 11.2. The summed E-state index contributed by atoms with van der Waals surface area (Å²) in [6, 6.07) is 8.10. The van der Waals surface area contributed by atoms with Crippen molar-refractivity contribution < 1.29 is 57.9 Å². The molecule has 3 fully saturated rings. The van der Waals surface area contributed by atoms with Crippen LogP contribution in [0.4, 0.5) is 0 Å². The summed E-state index contributed by atoms with van der Waals surface area (Å²) in [5, 5.41) is 32.6. The zero-order chi connectivity index (χ0) is 54.8. The number of aliphatic hydroxyl groups is 2. The number of oxime groups is 1. The molecule has 1 saturated carbocycles. The molecule has 1 aromatic rings. The molecular formula is C58H85N5O12. The summed E-state index contributed by atoms with van der Waals surface area (Å²) in [4.78, 5) is 68.2. The summed E-state index contributed by atoms with van der Waals surface area (Å²) in [6.45, 7) is 13.3. The Morgan fingerprint density at radius 2 is 1.64 bits per heavy atom. The number of amides is 1.